The van der Waals surface area contributed by atoms with Gasteiger partial charge in [-0.1, -0.05) is 11.6 Å². The zero-order chi connectivity index (χ0) is 10.1. The number of nitrogens with zero attached hydrogens (tertiary/aromatic N) is 3. The van der Waals surface area contributed by atoms with Crippen molar-refractivity contribution in [3.05, 3.63) is 23.9 Å². The van der Waals surface area contributed by atoms with Gasteiger partial charge in [-0.25, -0.2) is 9.78 Å². The summed E-state index contributed by atoms with van der Waals surface area (Å²) in [5.74, 6) is 0.483. The molecule has 0 spiro atoms. The molecule has 0 unspecified atom stereocenters. The molecule has 1 aliphatic heterocycles. The molecule has 1 amide bonds. The Balaban J connectivity index is 2.34. The van der Waals surface area contributed by atoms with Crippen LogP contribution in [-0.2, 0) is 0 Å². The van der Waals surface area contributed by atoms with Crippen LogP contribution in [0.5, 0.6) is 0 Å². The van der Waals surface area contributed by atoms with Gasteiger partial charge in [0.1, 0.15) is 6.33 Å². The van der Waals surface area contributed by atoms with Gasteiger partial charge < -0.3 is 5.11 Å². The van der Waals surface area contributed by atoms with Crippen molar-refractivity contribution in [3.63, 3.8) is 0 Å². The van der Waals surface area contributed by atoms with Gasteiger partial charge in [0.05, 0.1) is 12.1 Å². The molecule has 0 radical (unpaired) electrons. The largest absolute Gasteiger partial charge is 0.464 e. The number of amides is 1. The van der Waals surface area contributed by atoms with Gasteiger partial charge in [-0.15, -0.1) is 0 Å². The highest BCUT2D eigenvalue weighted by Gasteiger charge is 2.28. The summed E-state index contributed by atoms with van der Waals surface area (Å²) in [5.41, 5.74) is 0. The van der Waals surface area contributed by atoms with Crippen LogP contribution >= 0.6 is 23.7 Å². The number of carboxylic acid groups (broad SMARTS) is 1. The number of rotatable bonds is 1. The Morgan fingerprint density at radius 1 is 1.71 bits per heavy atom. The van der Waals surface area contributed by atoms with Gasteiger partial charge in [0, 0.05) is 12.4 Å². The lowest BCUT2D eigenvalue weighted by Crippen LogP contribution is -2.16. The number of halogens is 1. The molecule has 0 atom stereocenters. The van der Waals surface area contributed by atoms with E-state index in [0.717, 1.165) is 16.4 Å². The molecule has 74 valence electrons. The average molecular weight is 233 g/mol. The minimum absolute atomic E-state index is 0.112. The summed E-state index contributed by atoms with van der Waals surface area (Å²) >= 11 is 6.72. The van der Waals surface area contributed by atoms with E-state index in [1.807, 2.05) is 0 Å². The topological polar surface area (TPSA) is 70.4 Å². The maximum absolute atomic E-state index is 10.6. The molecule has 2 N–H and O–H groups in total. The highest BCUT2D eigenvalue weighted by atomic mass is 35.5. The summed E-state index contributed by atoms with van der Waals surface area (Å²) in [6, 6.07) is 0. The lowest BCUT2D eigenvalue weighted by atomic mass is 10.7. The SMILES string of the molecule is O=C(O)N1SNC(n2ccnc2)=C1Cl. The molecule has 0 saturated heterocycles. The molecule has 0 saturated carbocycles. The lowest BCUT2D eigenvalue weighted by Gasteiger charge is -2.05. The Bertz CT molecular complexity index is 391. The molecule has 0 aliphatic carbocycles. The molecule has 0 aromatic carbocycles. The van der Waals surface area contributed by atoms with Gasteiger partial charge >= 0.3 is 6.09 Å². The van der Waals surface area contributed by atoms with Crippen LogP contribution in [0.25, 0.3) is 5.82 Å². The first-order valence-corrected chi connectivity index (χ1v) is 4.69. The minimum Gasteiger partial charge on any atom is -0.464 e. The highest BCUT2D eigenvalue weighted by molar-refractivity contribution is 7.96. The second-order valence-electron chi connectivity index (χ2n) is 2.38. The smallest absolute Gasteiger partial charge is 0.424 e. The fourth-order valence-corrected chi connectivity index (χ4v) is 1.94. The van der Waals surface area contributed by atoms with Crippen molar-refractivity contribution in [1.82, 2.24) is 18.6 Å². The van der Waals surface area contributed by atoms with E-state index in [0.29, 0.717) is 5.82 Å². The molecule has 0 bridgehead atoms. The highest BCUT2D eigenvalue weighted by Crippen LogP contribution is 2.31. The molecule has 6 nitrogen and oxygen atoms in total. The molecule has 2 heterocycles. The number of hydrogen-bond donors (Lipinski definition) is 2. The van der Waals surface area contributed by atoms with Crippen molar-refractivity contribution in [3.8, 4) is 0 Å². The zero-order valence-electron chi connectivity index (χ0n) is 6.72. The van der Waals surface area contributed by atoms with Crippen molar-refractivity contribution in [2.45, 2.75) is 0 Å². The first-order chi connectivity index (χ1) is 6.70. The zero-order valence-corrected chi connectivity index (χ0v) is 8.29. The summed E-state index contributed by atoms with van der Waals surface area (Å²) < 4.78 is 5.30. The van der Waals surface area contributed by atoms with Crippen LogP contribution in [-0.4, -0.2) is 25.1 Å². The molecular weight excluding hydrogens is 228 g/mol. The Morgan fingerprint density at radius 2 is 2.50 bits per heavy atom. The molecular formula is C6H5ClN4O2S. The van der Waals surface area contributed by atoms with Crippen molar-refractivity contribution in [2.75, 3.05) is 0 Å². The van der Waals surface area contributed by atoms with E-state index < -0.39 is 6.09 Å². The second kappa shape index (κ2) is 3.43. The summed E-state index contributed by atoms with van der Waals surface area (Å²) in [6.45, 7) is 0. The Morgan fingerprint density at radius 3 is 3.00 bits per heavy atom. The van der Waals surface area contributed by atoms with Crippen LogP contribution < -0.4 is 4.72 Å². The Kier molecular flexibility index (Phi) is 2.26. The third kappa shape index (κ3) is 1.40. The van der Waals surface area contributed by atoms with Crippen LogP contribution in [0, 0.1) is 0 Å². The van der Waals surface area contributed by atoms with Gasteiger partial charge in [0.25, 0.3) is 0 Å². The van der Waals surface area contributed by atoms with Crippen LogP contribution in [0.1, 0.15) is 0 Å². The third-order valence-corrected chi connectivity index (χ3v) is 2.80. The first kappa shape index (κ1) is 9.22. The molecule has 1 aromatic heterocycles. The fraction of sp³-hybridized carbons (Fsp3) is 0. The molecule has 2 rings (SSSR count). The Labute approximate surface area is 88.4 Å². The maximum Gasteiger partial charge on any atom is 0.424 e. The van der Waals surface area contributed by atoms with Crippen molar-refractivity contribution in [2.24, 2.45) is 0 Å². The van der Waals surface area contributed by atoms with Crippen molar-refractivity contribution < 1.29 is 9.90 Å². The first-order valence-electron chi connectivity index (χ1n) is 3.54. The lowest BCUT2D eigenvalue weighted by molar-refractivity contribution is 0.184. The van der Waals surface area contributed by atoms with E-state index in [2.05, 4.69) is 9.71 Å². The molecule has 1 aromatic rings. The van der Waals surface area contributed by atoms with Gasteiger partial charge in [-0.05, 0) is 0 Å². The third-order valence-electron chi connectivity index (χ3n) is 1.54. The minimum atomic E-state index is -1.12. The van der Waals surface area contributed by atoms with E-state index in [1.54, 1.807) is 17.0 Å². The summed E-state index contributed by atoms with van der Waals surface area (Å²) in [5, 5.41) is 8.83. The van der Waals surface area contributed by atoms with E-state index in [9.17, 15) is 4.79 Å². The second-order valence-corrected chi connectivity index (χ2v) is 3.49. The van der Waals surface area contributed by atoms with E-state index in [-0.39, 0.29) is 5.16 Å². The van der Waals surface area contributed by atoms with Gasteiger partial charge in [0.15, 0.2) is 11.0 Å². The maximum atomic E-state index is 10.6. The normalized spacial score (nSPS) is 15.9. The van der Waals surface area contributed by atoms with Crippen molar-refractivity contribution >= 4 is 35.6 Å². The quantitative estimate of drug-likeness (QED) is 0.565. The summed E-state index contributed by atoms with van der Waals surface area (Å²) in [6.07, 6.45) is 3.64. The Hall–Kier alpha value is -1.34. The fourth-order valence-electron chi connectivity index (χ4n) is 0.941. The van der Waals surface area contributed by atoms with Gasteiger partial charge in [-0.2, -0.15) is 4.31 Å². The van der Waals surface area contributed by atoms with E-state index in [1.165, 1.54) is 6.33 Å². The predicted octanol–water partition coefficient (Wildman–Crippen LogP) is 1.35. The molecule has 14 heavy (non-hydrogen) atoms. The average Bonchev–Trinajstić information content (AvgIpc) is 2.71. The van der Waals surface area contributed by atoms with E-state index in [4.69, 9.17) is 16.7 Å². The van der Waals surface area contributed by atoms with Crippen LogP contribution in [0.3, 0.4) is 0 Å². The number of nitrogens with one attached hydrogen (secondary N) is 1. The predicted molar refractivity (Wildman–Crippen MR) is 51.9 cm³/mol. The van der Waals surface area contributed by atoms with Crippen molar-refractivity contribution in [1.29, 1.82) is 0 Å². The number of aromatic nitrogens is 2. The van der Waals surface area contributed by atoms with Gasteiger partial charge in [0.2, 0.25) is 0 Å². The van der Waals surface area contributed by atoms with Crippen LogP contribution in [0.2, 0.25) is 0 Å². The number of carbonyl (C=O) groups is 1. The standard InChI is InChI=1S/C6H5ClN4O2S/c7-4-5(10-2-1-8-3-10)9-14-11(4)6(12)13/h1-3,9H,(H,12,13). The van der Waals surface area contributed by atoms with Crippen LogP contribution in [0.15, 0.2) is 23.9 Å². The number of imidazole rings is 1. The number of hydrogen-bond acceptors (Lipinski definition) is 4. The van der Waals surface area contributed by atoms with E-state index >= 15 is 0 Å². The molecule has 8 heteroatoms. The molecule has 0 fully saturated rings. The summed E-state index contributed by atoms with van der Waals surface area (Å²) in [7, 11) is 0. The summed E-state index contributed by atoms with van der Waals surface area (Å²) in [4.78, 5) is 14.5. The van der Waals surface area contributed by atoms with Crippen LogP contribution in [0.4, 0.5) is 4.79 Å². The van der Waals surface area contributed by atoms with Gasteiger partial charge in [-0.3, -0.25) is 9.29 Å². The molecule has 1 aliphatic rings. The monoisotopic (exact) mass is 232 g/mol.